The molecule has 8 heteroatoms. The minimum absolute atomic E-state index is 0.520. The molecule has 2 aromatic carbocycles. The zero-order valence-corrected chi connectivity index (χ0v) is 19.3. The second-order valence-corrected chi connectivity index (χ2v) is 8.66. The number of benzene rings is 2. The lowest BCUT2D eigenvalue weighted by atomic mass is 10.0. The van der Waals surface area contributed by atoms with E-state index in [4.69, 9.17) is 19.9 Å². The predicted molar refractivity (Wildman–Crippen MR) is 134 cm³/mol. The summed E-state index contributed by atoms with van der Waals surface area (Å²) in [6.07, 6.45) is 3.81. The van der Waals surface area contributed by atoms with Crippen molar-refractivity contribution in [2.75, 3.05) is 62.1 Å². The predicted octanol–water partition coefficient (Wildman–Crippen LogP) is 4.11. The molecular weight excluding hydrogens is 430 g/mol. The Morgan fingerprint density at radius 2 is 1.74 bits per heavy atom. The molecule has 1 aromatic heterocycles. The molecule has 2 aliphatic heterocycles. The SMILES string of the molecule is Nc1cc(-c2ccnc(Nc3ccc(N4CCOCC4)cc3)n2)ccc1OCC1CCOCC1. The van der Waals surface area contributed by atoms with Gasteiger partial charge in [0.05, 0.1) is 31.2 Å². The van der Waals surface area contributed by atoms with Gasteiger partial charge in [-0.15, -0.1) is 0 Å². The zero-order valence-electron chi connectivity index (χ0n) is 19.3. The summed E-state index contributed by atoms with van der Waals surface area (Å²) in [4.78, 5) is 11.4. The van der Waals surface area contributed by atoms with Crippen molar-refractivity contribution in [3.63, 3.8) is 0 Å². The molecule has 0 bridgehead atoms. The number of nitrogens with two attached hydrogens (primary N) is 1. The summed E-state index contributed by atoms with van der Waals surface area (Å²) in [5.74, 6) is 1.77. The topological polar surface area (TPSA) is 94.8 Å². The average Bonchev–Trinajstić information content (AvgIpc) is 2.90. The summed E-state index contributed by atoms with van der Waals surface area (Å²) in [7, 11) is 0. The van der Waals surface area contributed by atoms with Crippen molar-refractivity contribution in [1.29, 1.82) is 0 Å². The van der Waals surface area contributed by atoms with E-state index in [9.17, 15) is 0 Å². The van der Waals surface area contributed by atoms with Crippen molar-refractivity contribution in [2.45, 2.75) is 12.8 Å². The van der Waals surface area contributed by atoms with Crippen LogP contribution in [0, 0.1) is 5.92 Å². The number of morpholine rings is 1. The van der Waals surface area contributed by atoms with Gasteiger partial charge in [-0.3, -0.25) is 0 Å². The summed E-state index contributed by atoms with van der Waals surface area (Å²) in [5.41, 5.74) is 10.7. The number of nitrogens with zero attached hydrogens (tertiary/aromatic N) is 3. The maximum absolute atomic E-state index is 6.29. The van der Waals surface area contributed by atoms with Gasteiger partial charge >= 0.3 is 0 Å². The van der Waals surface area contributed by atoms with E-state index in [1.54, 1.807) is 6.20 Å². The summed E-state index contributed by atoms with van der Waals surface area (Å²) in [6, 6.07) is 16.0. The zero-order chi connectivity index (χ0) is 23.2. The van der Waals surface area contributed by atoms with Crippen LogP contribution >= 0.6 is 0 Å². The third kappa shape index (κ3) is 5.58. The van der Waals surface area contributed by atoms with Crippen LogP contribution in [-0.4, -0.2) is 56.1 Å². The molecule has 5 rings (SSSR count). The van der Waals surface area contributed by atoms with Crippen LogP contribution in [-0.2, 0) is 9.47 Å². The molecule has 3 aromatic rings. The lowest BCUT2D eigenvalue weighted by Crippen LogP contribution is -2.36. The molecule has 0 radical (unpaired) electrons. The smallest absolute Gasteiger partial charge is 0.227 e. The molecule has 2 saturated heterocycles. The van der Waals surface area contributed by atoms with Crippen molar-refractivity contribution < 1.29 is 14.2 Å². The van der Waals surface area contributed by atoms with Crippen LogP contribution < -0.4 is 20.7 Å². The van der Waals surface area contributed by atoms with Gasteiger partial charge in [0, 0.05) is 49.4 Å². The summed E-state index contributed by atoms with van der Waals surface area (Å²) < 4.78 is 16.8. The number of rotatable bonds is 7. The van der Waals surface area contributed by atoms with E-state index in [0.29, 0.717) is 29.9 Å². The highest BCUT2D eigenvalue weighted by Crippen LogP contribution is 2.29. The van der Waals surface area contributed by atoms with Gasteiger partial charge in [-0.05, 0) is 67.3 Å². The maximum atomic E-state index is 6.29. The highest BCUT2D eigenvalue weighted by molar-refractivity contribution is 5.69. The van der Waals surface area contributed by atoms with Gasteiger partial charge in [0.2, 0.25) is 5.95 Å². The fraction of sp³-hybridized carbons (Fsp3) is 0.385. The van der Waals surface area contributed by atoms with E-state index in [1.807, 2.05) is 36.4 Å². The number of ether oxygens (including phenoxy) is 3. The van der Waals surface area contributed by atoms with Crippen LogP contribution in [0.2, 0.25) is 0 Å². The third-order valence-corrected chi connectivity index (χ3v) is 6.28. The number of hydrogen-bond donors (Lipinski definition) is 2. The van der Waals surface area contributed by atoms with E-state index in [1.165, 1.54) is 5.69 Å². The Kier molecular flexibility index (Phi) is 7.07. The first-order valence-electron chi connectivity index (χ1n) is 11.9. The molecule has 2 aliphatic rings. The Bertz CT molecular complexity index is 1080. The Morgan fingerprint density at radius 1 is 0.971 bits per heavy atom. The van der Waals surface area contributed by atoms with E-state index < -0.39 is 0 Å². The fourth-order valence-corrected chi connectivity index (χ4v) is 4.25. The molecule has 3 heterocycles. The van der Waals surface area contributed by atoms with Gasteiger partial charge in [-0.25, -0.2) is 9.97 Å². The Morgan fingerprint density at radius 3 is 2.50 bits per heavy atom. The van der Waals surface area contributed by atoms with Crippen LogP contribution in [0.4, 0.5) is 23.0 Å². The summed E-state index contributed by atoms with van der Waals surface area (Å²) >= 11 is 0. The van der Waals surface area contributed by atoms with E-state index in [0.717, 1.165) is 69.3 Å². The molecule has 0 saturated carbocycles. The number of nitrogen functional groups attached to an aromatic ring is 1. The Balaban J connectivity index is 1.23. The summed E-state index contributed by atoms with van der Waals surface area (Å²) in [5, 5.41) is 3.30. The first-order chi connectivity index (χ1) is 16.7. The van der Waals surface area contributed by atoms with Crippen molar-refractivity contribution in [2.24, 2.45) is 5.92 Å². The molecule has 3 N–H and O–H groups in total. The first-order valence-corrected chi connectivity index (χ1v) is 11.9. The standard InChI is InChI=1S/C26H31N5O3/c27-23-17-20(1-6-25(23)34-18-19-8-13-32-14-9-19)24-7-10-28-26(30-24)29-21-2-4-22(5-3-21)31-11-15-33-16-12-31/h1-7,10,17,19H,8-9,11-16,18,27H2,(H,28,29,30). The molecule has 0 atom stereocenters. The van der Waals surface area contributed by atoms with Gasteiger partial charge in [0.1, 0.15) is 5.75 Å². The largest absolute Gasteiger partial charge is 0.491 e. The van der Waals surface area contributed by atoms with Gasteiger partial charge in [0.25, 0.3) is 0 Å². The fourth-order valence-electron chi connectivity index (χ4n) is 4.25. The molecule has 0 amide bonds. The maximum Gasteiger partial charge on any atom is 0.227 e. The van der Waals surface area contributed by atoms with Crippen molar-refractivity contribution in [3.8, 4) is 17.0 Å². The third-order valence-electron chi connectivity index (χ3n) is 6.28. The molecule has 34 heavy (non-hydrogen) atoms. The molecule has 0 aliphatic carbocycles. The lowest BCUT2D eigenvalue weighted by Gasteiger charge is -2.28. The van der Waals surface area contributed by atoms with Crippen LogP contribution in [0.5, 0.6) is 5.75 Å². The minimum Gasteiger partial charge on any atom is -0.491 e. The van der Waals surface area contributed by atoms with Crippen molar-refractivity contribution in [1.82, 2.24) is 9.97 Å². The van der Waals surface area contributed by atoms with Crippen molar-refractivity contribution in [3.05, 3.63) is 54.7 Å². The van der Waals surface area contributed by atoms with E-state index in [2.05, 4.69) is 32.3 Å². The van der Waals surface area contributed by atoms with Gasteiger partial charge < -0.3 is 30.2 Å². The number of hydrogen-bond acceptors (Lipinski definition) is 8. The van der Waals surface area contributed by atoms with E-state index >= 15 is 0 Å². The number of anilines is 4. The molecule has 178 valence electrons. The number of nitrogens with one attached hydrogen (secondary N) is 1. The molecule has 8 nitrogen and oxygen atoms in total. The van der Waals surface area contributed by atoms with Crippen molar-refractivity contribution >= 4 is 23.0 Å². The van der Waals surface area contributed by atoms with Gasteiger partial charge in [0.15, 0.2) is 0 Å². The average molecular weight is 462 g/mol. The first kappa shape index (κ1) is 22.4. The molecule has 2 fully saturated rings. The van der Waals surface area contributed by atoms with E-state index in [-0.39, 0.29) is 0 Å². The Hall–Kier alpha value is -3.36. The highest BCUT2D eigenvalue weighted by Gasteiger charge is 2.15. The molecular formula is C26H31N5O3. The molecule has 0 spiro atoms. The molecule has 0 unspecified atom stereocenters. The second-order valence-electron chi connectivity index (χ2n) is 8.66. The normalized spacial score (nSPS) is 16.9. The van der Waals surface area contributed by atoms with Gasteiger partial charge in [-0.1, -0.05) is 0 Å². The Labute approximate surface area is 200 Å². The number of aromatic nitrogens is 2. The van der Waals surface area contributed by atoms with Crippen LogP contribution in [0.15, 0.2) is 54.7 Å². The second kappa shape index (κ2) is 10.7. The van der Waals surface area contributed by atoms with Crippen LogP contribution in [0.1, 0.15) is 12.8 Å². The monoisotopic (exact) mass is 461 g/mol. The minimum atomic E-state index is 0.520. The van der Waals surface area contributed by atoms with Crippen LogP contribution in [0.25, 0.3) is 11.3 Å². The quantitative estimate of drug-likeness (QED) is 0.508. The highest BCUT2D eigenvalue weighted by atomic mass is 16.5. The lowest BCUT2D eigenvalue weighted by molar-refractivity contribution is 0.0499. The van der Waals surface area contributed by atoms with Gasteiger partial charge in [-0.2, -0.15) is 0 Å². The summed E-state index contributed by atoms with van der Waals surface area (Å²) in [6.45, 7) is 5.66. The van der Waals surface area contributed by atoms with Crippen LogP contribution in [0.3, 0.4) is 0 Å².